The fraction of sp³-hybridized carbons (Fsp3) is 0.733. The summed E-state index contributed by atoms with van der Waals surface area (Å²) >= 11 is 1.85. The Hall–Kier alpha value is -0.420. The van der Waals surface area contributed by atoms with E-state index < -0.39 is 0 Å². The molecule has 0 amide bonds. The number of hydrogen-bond donors (Lipinski definition) is 1. The lowest BCUT2D eigenvalue weighted by atomic mass is 9.81. The molecule has 2 saturated heterocycles. The molecule has 0 saturated carbocycles. The van der Waals surface area contributed by atoms with Crippen LogP contribution in [0.2, 0.25) is 0 Å². The van der Waals surface area contributed by atoms with Crippen LogP contribution in [0.1, 0.15) is 40.6 Å². The van der Waals surface area contributed by atoms with Gasteiger partial charge in [0.1, 0.15) is 0 Å². The zero-order valence-electron chi connectivity index (χ0n) is 11.8. The summed E-state index contributed by atoms with van der Waals surface area (Å²) in [5.41, 5.74) is 7.84. The van der Waals surface area contributed by atoms with Gasteiger partial charge in [-0.15, -0.1) is 11.3 Å². The summed E-state index contributed by atoms with van der Waals surface area (Å²) in [7, 11) is 0. The van der Waals surface area contributed by atoms with E-state index in [-0.39, 0.29) is 11.6 Å². The molecule has 3 rings (SSSR count). The molecular formula is C15H23NO2S. The highest BCUT2D eigenvalue weighted by atomic mass is 32.1. The van der Waals surface area contributed by atoms with Gasteiger partial charge in [0.2, 0.25) is 0 Å². The van der Waals surface area contributed by atoms with Crippen LogP contribution < -0.4 is 5.73 Å². The van der Waals surface area contributed by atoms with Crippen LogP contribution in [-0.2, 0) is 9.47 Å². The molecule has 0 aromatic carbocycles. The molecule has 3 unspecified atom stereocenters. The van der Waals surface area contributed by atoms with E-state index in [0.29, 0.717) is 5.92 Å². The number of nitrogens with two attached hydrogens (primary N) is 1. The monoisotopic (exact) mass is 281 g/mol. The van der Waals surface area contributed by atoms with Crippen LogP contribution >= 0.6 is 11.3 Å². The third-order valence-electron chi connectivity index (χ3n) is 4.62. The van der Waals surface area contributed by atoms with Crippen molar-refractivity contribution in [3.63, 3.8) is 0 Å². The molecule has 2 aliphatic rings. The van der Waals surface area contributed by atoms with Crippen molar-refractivity contribution < 1.29 is 9.47 Å². The Bertz CT molecular complexity index is 431. The van der Waals surface area contributed by atoms with Crippen LogP contribution in [0.15, 0.2) is 6.07 Å². The van der Waals surface area contributed by atoms with Crippen LogP contribution in [0.5, 0.6) is 0 Å². The molecule has 0 aliphatic carbocycles. The predicted molar refractivity (Wildman–Crippen MR) is 77.6 cm³/mol. The van der Waals surface area contributed by atoms with Crippen LogP contribution in [0, 0.1) is 19.8 Å². The molecule has 4 heteroatoms. The number of thiophene rings is 1. The molecule has 0 bridgehead atoms. The van der Waals surface area contributed by atoms with Crippen molar-refractivity contribution in [1.29, 1.82) is 0 Å². The van der Waals surface area contributed by atoms with Crippen molar-refractivity contribution in [2.45, 2.75) is 44.8 Å². The Morgan fingerprint density at radius 1 is 1.42 bits per heavy atom. The second kappa shape index (κ2) is 5.17. The van der Waals surface area contributed by atoms with Crippen LogP contribution in [0.3, 0.4) is 0 Å². The van der Waals surface area contributed by atoms with Gasteiger partial charge < -0.3 is 15.2 Å². The van der Waals surface area contributed by atoms with Crippen LogP contribution in [0.4, 0.5) is 0 Å². The van der Waals surface area contributed by atoms with E-state index in [9.17, 15) is 0 Å². The quantitative estimate of drug-likeness (QED) is 0.906. The second-order valence-corrected chi connectivity index (χ2v) is 7.29. The van der Waals surface area contributed by atoms with Gasteiger partial charge in [0.25, 0.3) is 0 Å². The van der Waals surface area contributed by atoms with Gasteiger partial charge in [0.05, 0.1) is 12.2 Å². The van der Waals surface area contributed by atoms with Gasteiger partial charge in [-0.2, -0.15) is 0 Å². The molecule has 1 aromatic heterocycles. The summed E-state index contributed by atoms with van der Waals surface area (Å²) < 4.78 is 11.5. The molecule has 0 radical (unpaired) electrons. The third kappa shape index (κ3) is 2.59. The summed E-state index contributed by atoms with van der Waals surface area (Å²) in [6.07, 6.45) is 3.14. The maximum absolute atomic E-state index is 6.52. The minimum Gasteiger partial charge on any atom is -0.378 e. The first kappa shape index (κ1) is 13.6. The lowest BCUT2D eigenvalue weighted by Gasteiger charge is -2.39. The van der Waals surface area contributed by atoms with Crippen molar-refractivity contribution in [3.8, 4) is 0 Å². The van der Waals surface area contributed by atoms with E-state index in [1.165, 1.54) is 15.3 Å². The maximum atomic E-state index is 6.52. The first-order chi connectivity index (χ1) is 9.10. The summed E-state index contributed by atoms with van der Waals surface area (Å²) in [5.74, 6) is 0.521. The number of aryl methyl sites for hydroxylation is 2. The van der Waals surface area contributed by atoms with Gasteiger partial charge in [0, 0.05) is 35.4 Å². The average Bonchev–Trinajstić information content (AvgIpc) is 2.97. The highest BCUT2D eigenvalue weighted by molar-refractivity contribution is 7.12. The minimum atomic E-state index is -0.0398. The normalized spacial score (nSPS) is 32.9. The Labute approximate surface area is 119 Å². The standard InChI is InChI=1S/C15H23NO2S/c1-10-7-13(19-11(10)2)14(16)12-3-5-18-15(8-12)4-6-17-9-15/h7,12,14H,3-6,8-9,16H2,1-2H3. The number of ether oxygens (including phenoxy) is 2. The van der Waals surface area contributed by atoms with Crippen molar-refractivity contribution in [1.82, 2.24) is 0 Å². The molecule has 3 atom stereocenters. The molecule has 2 fully saturated rings. The van der Waals surface area contributed by atoms with Gasteiger partial charge in [-0.25, -0.2) is 0 Å². The van der Waals surface area contributed by atoms with Crippen molar-refractivity contribution >= 4 is 11.3 Å². The predicted octanol–water partition coefficient (Wildman–Crippen LogP) is 2.95. The third-order valence-corrected chi connectivity index (χ3v) is 5.87. The van der Waals surface area contributed by atoms with Gasteiger partial charge >= 0.3 is 0 Å². The largest absolute Gasteiger partial charge is 0.378 e. The fourth-order valence-corrected chi connectivity index (χ4v) is 4.37. The SMILES string of the molecule is Cc1cc(C(N)C2CCOC3(CCOC3)C2)sc1C. The van der Waals surface area contributed by atoms with Gasteiger partial charge in [0.15, 0.2) is 0 Å². The van der Waals surface area contributed by atoms with Crippen LogP contribution in [-0.4, -0.2) is 25.4 Å². The molecule has 1 spiro atoms. The zero-order valence-corrected chi connectivity index (χ0v) is 12.6. The summed E-state index contributed by atoms with van der Waals surface area (Å²) in [4.78, 5) is 2.72. The second-order valence-electron chi connectivity index (χ2n) is 6.00. The van der Waals surface area contributed by atoms with E-state index in [4.69, 9.17) is 15.2 Å². The van der Waals surface area contributed by atoms with Crippen molar-refractivity contribution in [3.05, 3.63) is 21.4 Å². The highest BCUT2D eigenvalue weighted by Crippen LogP contribution is 2.41. The Balaban J connectivity index is 1.74. The molecule has 2 N–H and O–H groups in total. The van der Waals surface area contributed by atoms with Gasteiger partial charge in [-0.05, 0) is 44.2 Å². The lowest BCUT2D eigenvalue weighted by Crippen LogP contribution is -2.43. The van der Waals surface area contributed by atoms with Gasteiger partial charge in [-0.3, -0.25) is 0 Å². The van der Waals surface area contributed by atoms with Crippen molar-refractivity contribution in [2.24, 2.45) is 11.7 Å². The van der Waals surface area contributed by atoms with Crippen LogP contribution in [0.25, 0.3) is 0 Å². The Morgan fingerprint density at radius 2 is 2.26 bits per heavy atom. The van der Waals surface area contributed by atoms with Crippen molar-refractivity contribution in [2.75, 3.05) is 19.8 Å². The maximum Gasteiger partial charge on any atom is 0.0940 e. The smallest absolute Gasteiger partial charge is 0.0940 e. The average molecular weight is 281 g/mol. The molecule has 2 aliphatic heterocycles. The van der Waals surface area contributed by atoms with E-state index in [2.05, 4.69) is 19.9 Å². The van der Waals surface area contributed by atoms with E-state index in [0.717, 1.165) is 39.1 Å². The van der Waals surface area contributed by atoms with E-state index in [1.807, 2.05) is 11.3 Å². The first-order valence-electron chi connectivity index (χ1n) is 7.14. The summed E-state index contributed by atoms with van der Waals surface area (Å²) in [6, 6.07) is 2.41. The van der Waals surface area contributed by atoms with E-state index >= 15 is 0 Å². The molecule has 106 valence electrons. The molecule has 3 heterocycles. The molecule has 1 aromatic rings. The lowest BCUT2D eigenvalue weighted by molar-refractivity contribution is -0.101. The Kier molecular flexibility index (Phi) is 3.69. The zero-order chi connectivity index (χ0) is 13.5. The minimum absolute atomic E-state index is 0.0398. The summed E-state index contributed by atoms with van der Waals surface area (Å²) in [6.45, 7) is 6.74. The first-order valence-corrected chi connectivity index (χ1v) is 7.95. The molecule has 3 nitrogen and oxygen atoms in total. The topological polar surface area (TPSA) is 44.5 Å². The fourth-order valence-electron chi connectivity index (χ4n) is 3.23. The highest BCUT2D eigenvalue weighted by Gasteiger charge is 2.42. The Morgan fingerprint density at radius 3 is 2.89 bits per heavy atom. The number of hydrogen-bond acceptors (Lipinski definition) is 4. The summed E-state index contributed by atoms with van der Waals surface area (Å²) in [5, 5.41) is 0. The van der Waals surface area contributed by atoms with E-state index in [1.54, 1.807) is 0 Å². The molecular weight excluding hydrogens is 258 g/mol. The molecule has 19 heavy (non-hydrogen) atoms. The number of rotatable bonds is 2. The van der Waals surface area contributed by atoms with Gasteiger partial charge in [-0.1, -0.05) is 0 Å².